The van der Waals surface area contributed by atoms with Gasteiger partial charge in [0.2, 0.25) is 0 Å². The van der Waals surface area contributed by atoms with E-state index in [0.29, 0.717) is 55.9 Å². The van der Waals surface area contributed by atoms with Crippen molar-refractivity contribution in [2.45, 2.75) is 24.9 Å². The number of hydrogen-bond acceptors (Lipinski definition) is 10. The van der Waals surface area contributed by atoms with Gasteiger partial charge >= 0.3 is 11.9 Å². The van der Waals surface area contributed by atoms with E-state index in [4.69, 9.17) is 9.47 Å². The van der Waals surface area contributed by atoms with Crippen molar-refractivity contribution in [3.05, 3.63) is 178 Å². The highest BCUT2D eigenvalue weighted by molar-refractivity contribution is 5.97. The van der Waals surface area contributed by atoms with Gasteiger partial charge in [0.25, 0.3) is 11.8 Å². The monoisotopic (exact) mass is 798 g/mol. The molecule has 6 rings (SSSR count). The molecule has 0 unspecified atom stereocenters. The first-order valence-electron chi connectivity index (χ1n) is 18.6. The predicted octanol–water partition coefficient (Wildman–Crippen LogP) is 5.38. The summed E-state index contributed by atoms with van der Waals surface area (Å²) in [6.07, 6.45) is 3.39. The van der Waals surface area contributed by atoms with Crippen molar-refractivity contribution in [1.29, 1.82) is 0 Å². The number of ether oxygens (including phenoxy) is 2. The average molecular weight is 799 g/mol. The number of carbonyl (C=O) groups excluding carboxylic acids is 4. The van der Waals surface area contributed by atoms with Gasteiger partial charge in [0.05, 0.1) is 36.7 Å². The number of rotatable bonds is 11. The van der Waals surface area contributed by atoms with Gasteiger partial charge in [-0.05, 0) is 83.9 Å². The van der Waals surface area contributed by atoms with Crippen LogP contribution in [0.3, 0.4) is 0 Å². The van der Waals surface area contributed by atoms with Gasteiger partial charge in [-0.3, -0.25) is 19.6 Å². The van der Waals surface area contributed by atoms with Crippen LogP contribution in [0, 0.1) is 23.7 Å². The SMILES string of the molecule is COC(=O)[C@H](Cc1ccc(O)c(C#Cc2ccc(-c3ccc(C#Cc4cc(C[C@H](NC(=O)c5ccccc5)C(=O)OC)ccc4O)cn3)nc2)c1)NC(=O)c1ccccc1. The van der Waals surface area contributed by atoms with Crippen molar-refractivity contribution in [1.82, 2.24) is 20.6 Å². The Labute approximate surface area is 346 Å². The second-order valence-electron chi connectivity index (χ2n) is 13.3. The normalized spacial score (nSPS) is 11.3. The maximum absolute atomic E-state index is 12.7. The number of aromatic hydroxyl groups is 2. The molecule has 0 saturated carbocycles. The molecule has 0 aliphatic carbocycles. The van der Waals surface area contributed by atoms with E-state index < -0.39 is 35.8 Å². The molecule has 2 amide bonds. The van der Waals surface area contributed by atoms with Gasteiger partial charge < -0.3 is 30.3 Å². The van der Waals surface area contributed by atoms with E-state index in [9.17, 15) is 29.4 Å². The lowest BCUT2D eigenvalue weighted by Crippen LogP contribution is -2.43. The molecule has 6 aromatic rings. The van der Waals surface area contributed by atoms with Crippen molar-refractivity contribution in [2.24, 2.45) is 0 Å². The molecule has 0 saturated heterocycles. The minimum absolute atomic E-state index is 0.0502. The Morgan fingerprint density at radius 3 is 1.30 bits per heavy atom. The number of hydrogen-bond donors (Lipinski definition) is 4. The number of methoxy groups -OCH3 is 2. The summed E-state index contributed by atoms with van der Waals surface area (Å²) in [5.41, 5.74) is 5.07. The number of carbonyl (C=O) groups is 4. The summed E-state index contributed by atoms with van der Waals surface area (Å²) in [4.78, 5) is 59.6. The lowest BCUT2D eigenvalue weighted by molar-refractivity contribution is -0.143. The van der Waals surface area contributed by atoms with Gasteiger partial charge in [-0.1, -0.05) is 72.2 Å². The van der Waals surface area contributed by atoms with Crippen molar-refractivity contribution < 1.29 is 38.9 Å². The summed E-state index contributed by atoms with van der Waals surface area (Å²) in [7, 11) is 2.50. The smallest absolute Gasteiger partial charge is 0.328 e. The summed E-state index contributed by atoms with van der Waals surface area (Å²) < 4.78 is 9.84. The summed E-state index contributed by atoms with van der Waals surface area (Å²) in [6, 6.07) is 31.7. The molecule has 0 spiro atoms. The van der Waals surface area contributed by atoms with Gasteiger partial charge in [0.1, 0.15) is 23.6 Å². The molecule has 0 aliphatic rings. The van der Waals surface area contributed by atoms with Gasteiger partial charge in [0.15, 0.2) is 0 Å². The van der Waals surface area contributed by atoms with Crippen LogP contribution in [-0.4, -0.2) is 70.2 Å². The zero-order valence-corrected chi connectivity index (χ0v) is 32.5. The Balaban J connectivity index is 1.10. The van der Waals surface area contributed by atoms with Crippen molar-refractivity contribution in [2.75, 3.05) is 14.2 Å². The predicted molar refractivity (Wildman–Crippen MR) is 222 cm³/mol. The third-order valence-corrected chi connectivity index (χ3v) is 9.13. The lowest BCUT2D eigenvalue weighted by Gasteiger charge is -2.17. The summed E-state index contributed by atoms with van der Waals surface area (Å²) in [5.74, 6) is 9.75. The molecule has 60 heavy (non-hydrogen) atoms. The second-order valence-corrected chi connectivity index (χ2v) is 13.3. The molecule has 298 valence electrons. The quantitative estimate of drug-likeness (QED) is 0.0983. The first-order valence-corrected chi connectivity index (χ1v) is 18.6. The van der Waals surface area contributed by atoms with Crippen LogP contribution in [0.5, 0.6) is 11.5 Å². The number of amides is 2. The van der Waals surface area contributed by atoms with Crippen LogP contribution in [0.15, 0.2) is 134 Å². The highest BCUT2D eigenvalue weighted by atomic mass is 16.5. The average Bonchev–Trinajstić information content (AvgIpc) is 3.29. The molecule has 0 radical (unpaired) electrons. The maximum Gasteiger partial charge on any atom is 0.328 e. The molecule has 12 heteroatoms. The Kier molecular flexibility index (Phi) is 13.6. The minimum atomic E-state index is -0.965. The van der Waals surface area contributed by atoms with Gasteiger partial charge in [-0.15, -0.1) is 0 Å². The van der Waals surface area contributed by atoms with Crippen molar-refractivity contribution >= 4 is 23.8 Å². The molecule has 2 aromatic heterocycles. The molecule has 4 N–H and O–H groups in total. The number of nitrogens with zero attached hydrogens (tertiary/aromatic N) is 2. The standard InChI is InChI=1S/C48H38N4O8/c1-59-47(57)41(51-45(55)35-9-5-3-6-10-35)27-33-17-23-43(53)37(25-33)19-13-31-15-21-39(49-29-31)40-22-16-32(30-50-40)14-20-38-26-34(18-24-44(38)54)28-42(48(58)60-2)52-46(56)36-11-7-4-8-12-36/h3-12,15-18,21-26,29-30,41-42,53-54H,27-28H2,1-2H3,(H,51,55)(H,52,56)/t41-,42-/m0/s1. The Morgan fingerprint density at radius 1 is 0.550 bits per heavy atom. The minimum Gasteiger partial charge on any atom is -0.507 e. The molecule has 12 nitrogen and oxygen atoms in total. The fourth-order valence-corrected chi connectivity index (χ4v) is 5.94. The zero-order valence-electron chi connectivity index (χ0n) is 32.5. The number of nitrogens with one attached hydrogen (secondary N) is 2. The van der Waals surface area contributed by atoms with Gasteiger partial charge in [-0.25, -0.2) is 9.59 Å². The number of phenolic OH excluding ortho intramolecular Hbond substituents is 2. The second kappa shape index (κ2) is 19.8. The van der Waals surface area contributed by atoms with Crippen LogP contribution in [0.4, 0.5) is 0 Å². The Morgan fingerprint density at radius 2 is 0.950 bits per heavy atom. The van der Waals surface area contributed by atoms with E-state index in [1.165, 1.54) is 26.4 Å². The largest absolute Gasteiger partial charge is 0.507 e. The van der Waals surface area contributed by atoms with Gasteiger partial charge in [-0.2, -0.15) is 0 Å². The van der Waals surface area contributed by atoms with Crippen molar-refractivity contribution in [3.8, 4) is 46.6 Å². The number of phenols is 2. The van der Waals surface area contributed by atoms with E-state index in [1.807, 2.05) is 0 Å². The summed E-state index contributed by atoms with van der Waals surface area (Å²) in [6.45, 7) is 0. The maximum atomic E-state index is 12.7. The number of aromatic nitrogens is 2. The van der Waals surface area contributed by atoms with E-state index in [2.05, 4.69) is 44.3 Å². The summed E-state index contributed by atoms with van der Waals surface area (Å²) in [5, 5.41) is 26.5. The summed E-state index contributed by atoms with van der Waals surface area (Å²) >= 11 is 0. The molecule has 0 bridgehead atoms. The van der Waals surface area contributed by atoms with E-state index in [0.717, 1.165) is 0 Å². The molecule has 2 heterocycles. The van der Waals surface area contributed by atoms with Crippen LogP contribution in [0.2, 0.25) is 0 Å². The molecule has 2 atom stereocenters. The van der Waals surface area contributed by atoms with Crippen molar-refractivity contribution in [3.63, 3.8) is 0 Å². The lowest BCUT2D eigenvalue weighted by atomic mass is 10.0. The van der Waals surface area contributed by atoms with Crippen LogP contribution in [0.1, 0.15) is 54.1 Å². The molecule has 0 fully saturated rings. The van der Waals surface area contributed by atoms with Crippen LogP contribution < -0.4 is 10.6 Å². The molecule has 4 aromatic carbocycles. The van der Waals surface area contributed by atoms with Crippen LogP contribution in [-0.2, 0) is 31.9 Å². The molecular weight excluding hydrogens is 761 g/mol. The van der Waals surface area contributed by atoms with Crippen LogP contribution >= 0.6 is 0 Å². The third-order valence-electron chi connectivity index (χ3n) is 9.13. The van der Waals surface area contributed by atoms with E-state index >= 15 is 0 Å². The number of benzene rings is 4. The number of esters is 2. The highest BCUT2D eigenvalue weighted by Crippen LogP contribution is 2.21. The fourth-order valence-electron chi connectivity index (χ4n) is 5.94. The van der Waals surface area contributed by atoms with Gasteiger partial charge in [0, 0.05) is 47.5 Å². The van der Waals surface area contributed by atoms with E-state index in [-0.39, 0.29) is 24.3 Å². The topological polar surface area (TPSA) is 177 Å². The molecular formula is C48H38N4O8. The zero-order chi connectivity index (χ0) is 42.4. The third kappa shape index (κ3) is 11.0. The highest BCUT2D eigenvalue weighted by Gasteiger charge is 2.24. The van der Waals surface area contributed by atoms with E-state index in [1.54, 1.807) is 122 Å². The first kappa shape index (κ1) is 41.4. The Bertz CT molecular complexity index is 2440. The Hall–Kier alpha value is -8.22. The van der Waals surface area contributed by atoms with Crippen LogP contribution in [0.25, 0.3) is 11.4 Å². The fraction of sp³-hybridized carbons (Fsp3) is 0.125. The molecule has 0 aliphatic heterocycles. The first-order chi connectivity index (χ1) is 29.1. The number of pyridine rings is 2.